The van der Waals surface area contributed by atoms with Gasteiger partial charge in [-0.2, -0.15) is 0 Å². The zero-order chi connectivity index (χ0) is 20.6. The van der Waals surface area contributed by atoms with Gasteiger partial charge < -0.3 is 0 Å². The third-order valence-electron chi connectivity index (χ3n) is 6.19. The topological polar surface area (TPSA) is 0 Å². The molecular formula is C27H32F2. The molecule has 154 valence electrons. The fraction of sp³-hybridized carbons (Fsp3) is 0.407. The second-order valence-corrected chi connectivity index (χ2v) is 8.25. The van der Waals surface area contributed by atoms with Crippen LogP contribution in [-0.2, 0) is 6.42 Å². The minimum Gasteiger partial charge on any atom is -0.208 e. The van der Waals surface area contributed by atoms with Gasteiger partial charge in [-0.1, -0.05) is 48.6 Å². The summed E-state index contributed by atoms with van der Waals surface area (Å²) < 4.78 is 29.8. The number of rotatable bonds is 8. The maximum absolute atomic E-state index is 14.9. The summed E-state index contributed by atoms with van der Waals surface area (Å²) in [5.41, 5.74) is 1.62. The van der Waals surface area contributed by atoms with E-state index in [1.807, 2.05) is 25.1 Å². The summed E-state index contributed by atoms with van der Waals surface area (Å²) >= 11 is 0. The average molecular weight is 395 g/mol. The first-order chi connectivity index (χ1) is 14.1. The Hall–Kier alpha value is -2.22. The van der Waals surface area contributed by atoms with Gasteiger partial charge in [-0.25, -0.2) is 8.78 Å². The number of benzene rings is 2. The van der Waals surface area contributed by atoms with Crippen molar-refractivity contribution in [2.24, 2.45) is 11.8 Å². The van der Waals surface area contributed by atoms with Crippen LogP contribution in [0.5, 0.6) is 0 Å². The Balaban J connectivity index is 1.71. The van der Waals surface area contributed by atoms with Crippen LogP contribution in [0.15, 0.2) is 67.0 Å². The maximum Gasteiger partial charge on any atom is 0.162 e. The molecule has 1 aliphatic rings. The van der Waals surface area contributed by atoms with E-state index in [0.29, 0.717) is 11.5 Å². The van der Waals surface area contributed by atoms with Crippen molar-refractivity contribution in [3.63, 3.8) is 0 Å². The molecule has 29 heavy (non-hydrogen) atoms. The number of halogens is 2. The standard InChI is InChI=1S/C27H32F2/c1-3-5-7-9-21-12-15-24-19-25(17-16-23(24)18-21)27(29)26(28)22-13-10-20(11-14-22)8-6-4-2/h3-5,12,15-20,22H,2,6-11,13-14H2,1H3/b5-3+,27-26?. The average Bonchev–Trinajstić information content (AvgIpc) is 2.77. The van der Waals surface area contributed by atoms with E-state index in [0.717, 1.165) is 62.1 Å². The van der Waals surface area contributed by atoms with Crippen molar-refractivity contribution >= 4 is 16.6 Å². The number of hydrogen-bond donors (Lipinski definition) is 0. The molecule has 2 heteroatoms. The first-order valence-electron chi connectivity index (χ1n) is 10.9. The Kier molecular flexibility index (Phi) is 7.80. The predicted octanol–water partition coefficient (Wildman–Crippen LogP) is 8.73. The fourth-order valence-corrected chi connectivity index (χ4v) is 4.38. The lowest BCUT2D eigenvalue weighted by Crippen LogP contribution is -2.15. The van der Waals surface area contributed by atoms with Crippen molar-refractivity contribution in [2.75, 3.05) is 0 Å². The van der Waals surface area contributed by atoms with E-state index >= 15 is 0 Å². The van der Waals surface area contributed by atoms with Crippen LogP contribution in [-0.4, -0.2) is 0 Å². The highest BCUT2D eigenvalue weighted by Gasteiger charge is 2.26. The second-order valence-electron chi connectivity index (χ2n) is 8.25. The fourth-order valence-electron chi connectivity index (χ4n) is 4.38. The maximum atomic E-state index is 14.9. The molecule has 1 saturated carbocycles. The minimum absolute atomic E-state index is 0.278. The van der Waals surface area contributed by atoms with E-state index in [9.17, 15) is 8.78 Å². The summed E-state index contributed by atoms with van der Waals surface area (Å²) in [4.78, 5) is 0. The lowest BCUT2D eigenvalue weighted by molar-refractivity contribution is 0.263. The molecule has 0 nitrogen and oxygen atoms in total. The van der Waals surface area contributed by atoms with Crippen LogP contribution in [0.3, 0.4) is 0 Å². The van der Waals surface area contributed by atoms with Crippen molar-refractivity contribution in [3.05, 3.63) is 78.2 Å². The van der Waals surface area contributed by atoms with Crippen LogP contribution in [0.4, 0.5) is 8.78 Å². The SMILES string of the molecule is C=CCCC1CCC(C(F)=C(F)c2ccc3cc(CC/C=C/C)ccc3c2)CC1. The Morgan fingerprint density at radius 2 is 1.72 bits per heavy atom. The summed E-state index contributed by atoms with van der Waals surface area (Å²) in [6, 6.07) is 11.6. The van der Waals surface area contributed by atoms with Gasteiger partial charge in [-0.15, -0.1) is 6.58 Å². The van der Waals surface area contributed by atoms with Crippen molar-refractivity contribution in [1.29, 1.82) is 0 Å². The highest BCUT2D eigenvalue weighted by atomic mass is 19.2. The number of fused-ring (bicyclic) bond motifs is 1. The van der Waals surface area contributed by atoms with E-state index < -0.39 is 11.7 Å². The van der Waals surface area contributed by atoms with Gasteiger partial charge in [0.15, 0.2) is 5.83 Å². The number of hydrogen-bond acceptors (Lipinski definition) is 0. The second kappa shape index (κ2) is 10.5. The molecule has 0 aromatic heterocycles. The molecule has 2 aromatic carbocycles. The Morgan fingerprint density at radius 3 is 2.45 bits per heavy atom. The molecule has 0 bridgehead atoms. The van der Waals surface area contributed by atoms with Gasteiger partial charge in [0, 0.05) is 11.5 Å². The van der Waals surface area contributed by atoms with Crippen molar-refractivity contribution in [3.8, 4) is 0 Å². The van der Waals surface area contributed by atoms with Gasteiger partial charge in [-0.05, 0) is 86.6 Å². The van der Waals surface area contributed by atoms with Crippen LogP contribution >= 0.6 is 0 Å². The van der Waals surface area contributed by atoms with Gasteiger partial charge >= 0.3 is 0 Å². The molecule has 1 aliphatic carbocycles. The summed E-state index contributed by atoms with van der Waals surface area (Å²) in [6.07, 6.45) is 13.7. The molecule has 0 saturated heterocycles. The Morgan fingerprint density at radius 1 is 1.00 bits per heavy atom. The summed E-state index contributed by atoms with van der Waals surface area (Å²) in [7, 11) is 0. The Labute approximate surface area is 174 Å². The van der Waals surface area contributed by atoms with Gasteiger partial charge in [0.25, 0.3) is 0 Å². The zero-order valence-electron chi connectivity index (χ0n) is 17.5. The molecule has 0 atom stereocenters. The molecule has 0 N–H and O–H groups in total. The lowest BCUT2D eigenvalue weighted by atomic mass is 9.79. The van der Waals surface area contributed by atoms with E-state index in [-0.39, 0.29) is 5.92 Å². The highest BCUT2D eigenvalue weighted by molar-refractivity contribution is 5.86. The third-order valence-corrected chi connectivity index (χ3v) is 6.19. The number of allylic oxidation sites excluding steroid dienone is 4. The van der Waals surface area contributed by atoms with Crippen molar-refractivity contribution in [1.82, 2.24) is 0 Å². The molecule has 2 aromatic rings. The minimum atomic E-state index is -0.682. The first kappa shape index (κ1) is 21.5. The monoisotopic (exact) mass is 394 g/mol. The number of aryl methyl sites for hydroxylation is 1. The van der Waals surface area contributed by atoms with Crippen LogP contribution in [0.1, 0.15) is 63.0 Å². The van der Waals surface area contributed by atoms with Crippen molar-refractivity contribution in [2.45, 2.75) is 58.3 Å². The third kappa shape index (κ3) is 5.65. The zero-order valence-corrected chi connectivity index (χ0v) is 17.5. The van der Waals surface area contributed by atoms with Gasteiger partial charge in [0.05, 0.1) is 0 Å². The molecule has 0 amide bonds. The predicted molar refractivity (Wildman–Crippen MR) is 121 cm³/mol. The smallest absolute Gasteiger partial charge is 0.162 e. The van der Waals surface area contributed by atoms with Gasteiger partial charge in [-0.3, -0.25) is 0 Å². The van der Waals surface area contributed by atoms with Crippen LogP contribution in [0, 0.1) is 11.8 Å². The Bertz CT molecular complexity index is 883. The van der Waals surface area contributed by atoms with E-state index in [1.165, 1.54) is 5.56 Å². The van der Waals surface area contributed by atoms with E-state index in [2.05, 4.69) is 30.9 Å². The molecular weight excluding hydrogens is 362 g/mol. The van der Waals surface area contributed by atoms with E-state index in [1.54, 1.807) is 12.1 Å². The van der Waals surface area contributed by atoms with Crippen molar-refractivity contribution < 1.29 is 8.78 Å². The molecule has 3 rings (SSSR count). The van der Waals surface area contributed by atoms with E-state index in [4.69, 9.17) is 0 Å². The first-order valence-corrected chi connectivity index (χ1v) is 10.9. The molecule has 0 unspecified atom stereocenters. The normalized spacial score (nSPS) is 20.8. The van der Waals surface area contributed by atoms with Gasteiger partial charge in [0.2, 0.25) is 0 Å². The molecule has 0 spiro atoms. The van der Waals surface area contributed by atoms with Gasteiger partial charge in [0.1, 0.15) is 5.83 Å². The highest BCUT2D eigenvalue weighted by Crippen LogP contribution is 2.39. The van der Waals surface area contributed by atoms with Crippen LogP contribution in [0.25, 0.3) is 16.6 Å². The lowest BCUT2D eigenvalue weighted by Gasteiger charge is -2.27. The molecule has 0 heterocycles. The summed E-state index contributed by atoms with van der Waals surface area (Å²) in [5, 5.41) is 2.02. The summed E-state index contributed by atoms with van der Waals surface area (Å²) in [5.74, 6) is -0.893. The molecule has 1 fully saturated rings. The molecule has 0 radical (unpaired) electrons. The van der Waals surface area contributed by atoms with Crippen LogP contribution in [0.2, 0.25) is 0 Å². The quantitative estimate of drug-likeness (QED) is 0.393. The molecule has 0 aliphatic heterocycles. The largest absolute Gasteiger partial charge is 0.208 e. The van der Waals surface area contributed by atoms with Crippen LogP contribution < -0.4 is 0 Å². The summed E-state index contributed by atoms with van der Waals surface area (Å²) in [6.45, 7) is 5.79.